The smallest absolute Gasteiger partial charge is 0.191 e. The van der Waals surface area contributed by atoms with Gasteiger partial charge in [-0.05, 0) is 32.4 Å². The molecule has 0 aliphatic heterocycles. The van der Waals surface area contributed by atoms with Crippen LogP contribution in [-0.4, -0.2) is 44.2 Å². The fourth-order valence-electron chi connectivity index (χ4n) is 2.04. The monoisotopic (exact) mass is 311 g/mol. The fraction of sp³-hybridized carbons (Fsp3) is 0.533. The van der Waals surface area contributed by atoms with Crippen LogP contribution < -0.4 is 5.73 Å². The van der Waals surface area contributed by atoms with Crippen molar-refractivity contribution in [3.05, 3.63) is 30.3 Å². The van der Waals surface area contributed by atoms with E-state index in [1.54, 1.807) is 30.3 Å². The lowest BCUT2D eigenvalue weighted by molar-refractivity contribution is 0.454. The summed E-state index contributed by atoms with van der Waals surface area (Å²) in [6.07, 6.45) is 0.633. The predicted octanol–water partition coefficient (Wildman–Crippen LogP) is 1.90. The summed E-state index contributed by atoms with van der Waals surface area (Å²) in [6, 6.07) is 8.14. The van der Waals surface area contributed by atoms with Crippen LogP contribution in [0, 0.1) is 0 Å². The van der Waals surface area contributed by atoms with Gasteiger partial charge in [0, 0.05) is 13.1 Å². The summed E-state index contributed by atoms with van der Waals surface area (Å²) < 4.78 is 24.7. The molecule has 0 aliphatic rings. The lowest BCUT2D eigenvalue weighted by atomic mass is 10.3. The number of hydrogen-bond donors (Lipinski definition) is 1. The van der Waals surface area contributed by atoms with Crippen molar-refractivity contribution in [3.63, 3.8) is 0 Å². The van der Waals surface area contributed by atoms with Crippen LogP contribution >= 0.6 is 0 Å². The first-order valence-electron chi connectivity index (χ1n) is 7.30. The predicted molar refractivity (Wildman–Crippen MR) is 87.1 cm³/mol. The van der Waals surface area contributed by atoms with Gasteiger partial charge >= 0.3 is 0 Å². The molecule has 0 bridgehead atoms. The van der Waals surface area contributed by atoms with Crippen molar-refractivity contribution in [1.29, 1.82) is 0 Å². The summed E-state index contributed by atoms with van der Waals surface area (Å²) in [5.41, 5.74) is 5.95. The molecule has 0 radical (unpaired) electrons. The van der Waals surface area contributed by atoms with Gasteiger partial charge in [0.15, 0.2) is 15.8 Å². The zero-order valence-electron chi connectivity index (χ0n) is 13.0. The van der Waals surface area contributed by atoms with E-state index < -0.39 is 9.84 Å². The van der Waals surface area contributed by atoms with E-state index in [0.29, 0.717) is 17.3 Å². The van der Waals surface area contributed by atoms with E-state index in [9.17, 15) is 8.42 Å². The molecule has 0 amide bonds. The van der Waals surface area contributed by atoms with E-state index in [0.717, 1.165) is 13.1 Å². The summed E-state index contributed by atoms with van der Waals surface area (Å²) in [4.78, 5) is 6.64. The molecule has 6 heteroatoms. The standard InChI is InChI=1S/C15H25N3O2S/c1-4-13(17-15(16)18(5-2)6-3)12-21(19,20)14-10-8-7-9-11-14/h7-11,13H,4-6,12H2,1-3H3,(H2,16,17). The van der Waals surface area contributed by atoms with Crippen molar-refractivity contribution < 1.29 is 8.42 Å². The lowest BCUT2D eigenvalue weighted by Crippen LogP contribution is -2.38. The molecule has 0 saturated carbocycles. The van der Waals surface area contributed by atoms with Crippen LogP contribution in [0.25, 0.3) is 0 Å². The van der Waals surface area contributed by atoms with Gasteiger partial charge < -0.3 is 10.6 Å². The number of rotatable bonds is 7. The molecule has 1 aromatic carbocycles. The minimum atomic E-state index is -3.34. The molecular weight excluding hydrogens is 286 g/mol. The normalized spacial score (nSPS) is 14.0. The molecule has 0 aliphatic carbocycles. The molecule has 0 spiro atoms. The van der Waals surface area contributed by atoms with Crippen LogP contribution in [0.3, 0.4) is 0 Å². The van der Waals surface area contributed by atoms with Gasteiger partial charge in [-0.15, -0.1) is 0 Å². The number of nitrogens with zero attached hydrogens (tertiary/aromatic N) is 2. The van der Waals surface area contributed by atoms with Crippen LogP contribution in [0.4, 0.5) is 0 Å². The van der Waals surface area contributed by atoms with Crippen molar-refractivity contribution >= 4 is 15.8 Å². The topological polar surface area (TPSA) is 75.8 Å². The Hall–Kier alpha value is -1.56. The maximum Gasteiger partial charge on any atom is 0.191 e. The van der Waals surface area contributed by atoms with Crippen LogP contribution in [-0.2, 0) is 9.84 Å². The molecule has 1 atom stereocenters. The van der Waals surface area contributed by atoms with Crippen molar-refractivity contribution in [2.45, 2.75) is 38.1 Å². The van der Waals surface area contributed by atoms with E-state index in [2.05, 4.69) is 4.99 Å². The summed E-state index contributed by atoms with van der Waals surface area (Å²) in [6.45, 7) is 7.42. The molecule has 1 rings (SSSR count). The first kappa shape index (κ1) is 17.5. The van der Waals surface area contributed by atoms with Gasteiger partial charge in [0.2, 0.25) is 0 Å². The summed E-state index contributed by atoms with van der Waals surface area (Å²) in [7, 11) is -3.34. The van der Waals surface area contributed by atoms with E-state index >= 15 is 0 Å². The minimum absolute atomic E-state index is 0.0184. The van der Waals surface area contributed by atoms with Crippen LogP contribution in [0.5, 0.6) is 0 Å². The highest BCUT2D eigenvalue weighted by molar-refractivity contribution is 7.91. The Labute approximate surface area is 127 Å². The number of aliphatic imine (C=N–C) groups is 1. The van der Waals surface area contributed by atoms with Gasteiger partial charge in [0.05, 0.1) is 16.7 Å². The summed E-state index contributed by atoms with van der Waals surface area (Å²) >= 11 is 0. The fourth-order valence-corrected chi connectivity index (χ4v) is 3.62. The highest BCUT2D eigenvalue weighted by atomic mass is 32.2. The lowest BCUT2D eigenvalue weighted by Gasteiger charge is -2.21. The maximum absolute atomic E-state index is 12.4. The zero-order valence-corrected chi connectivity index (χ0v) is 13.8. The Morgan fingerprint density at radius 1 is 1.19 bits per heavy atom. The van der Waals surface area contributed by atoms with Crippen molar-refractivity contribution in [3.8, 4) is 0 Å². The Morgan fingerprint density at radius 3 is 2.24 bits per heavy atom. The van der Waals surface area contributed by atoms with Crippen LogP contribution in [0.1, 0.15) is 27.2 Å². The Kier molecular flexibility index (Phi) is 6.68. The largest absolute Gasteiger partial charge is 0.370 e. The molecule has 0 heterocycles. The molecule has 0 saturated heterocycles. The number of benzene rings is 1. The summed E-state index contributed by atoms with van der Waals surface area (Å²) in [5, 5.41) is 0. The highest BCUT2D eigenvalue weighted by Crippen LogP contribution is 2.14. The molecule has 5 nitrogen and oxygen atoms in total. The van der Waals surface area contributed by atoms with E-state index in [-0.39, 0.29) is 11.8 Å². The number of nitrogens with two attached hydrogens (primary N) is 1. The molecule has 2 N–H and O–H groups in total. The second kappa shape index (κ2) is 8.02. The number of guanidine groups is 1. The van der Waals surface area contributed by atoms with Gasteiger partial charge in [-0.25, -0.2) is 13.4 Å². The maximum atomic E-state index is 12.4. The Bertz CT molecular complexity index is 552. The van der Waals surface area contributed by atoms with E-state index in [4.69, 9.17) is 5.73 Å². The minimum Gasteiger partial charge on any atom is -0.370 e. The van der Waals surface area contributed by atoms with Gasteiger partial charge in [-0.1, -0.05) is 25.1 Å². The molecule has 118 valence electrons. The molecule has 21 heavy (non-hydrogen) atoms. The highest BCUT2D eigenvalue weighted by Gasteiger charge is 2.20. The van der Waals surface area contributed by atoms with Crippen LogP contribution in [0.15, 0.2) is 40.2 Å². The van der Waals surface area contributed by atoms with E-state index in [1.165, 1.54) is 0 Å². The molecule has 0 aromatic heterocycles. The molecule has 1 unspecified atom stereocenters. The van der Waals surface area contributed by atoms with Gasteiger partial charge in [0.25, 0.3) is 0 Å². The Balaban J connectivity index is 2.90. The number of sulfone groups is 1. The van der Waals surface area contributed by atoms with Gasteiger partial charge in [0.1, 0.15) is 0 Å². The van der Waals surface area contributed by atoms with Crippen molar-refractivity contribution in [2.24, 2.45) is 10.7 Å². The molecule has 1 aromatic rings. The third-order valence-corrected chi connectivity index (χ3v) is 5.20. The Morgan fingerprint density at radius 2 is 1.76 bits per heavy atom. The van der Waals surface area contributed by atoms with E-state index in [1.807, 2.05) is 25.7 Å². The third-order valence-electron chi connectivity index (χ3n) is 3.39. The second-order valence-corrected chi connectivity index (χ2v) is 6.85. The average Bonchev–Trinajstić information content (AvgIpc) is 2.48. The van der Waals surface area contributed by atoms with Crippen LogP contribution in [0.2, 0.25) is 0 Å². The molecule has 0 fully saturated rings. The summed E-state index contributed by atoms with van der Waals surface area (Å²) in [5.74, 6) is 0.394. The number of hydrogen-bond acceptors (Lipinski definition) is 3. The first-order chi connectivity index (χ1) is 9.94. The second-order valence-electron chi connectivity index (χ2n) is 4.82. The average molecular weight is 311 g/mol. The van der Waals surface area contributed by atoms with Crippen molar-refractivity contribution in [1.82, 2.24) is 4.90 Å². The van der Waals surface area contributed by atoms with Crippen molar-refractivity contribution in [2.75, 3.05) is 18.8 Å². The SMILES string of the molecule is CCC(CS(=O)(=O)c1ccccc1)N=C(N)N(CC)CC. The van der Waals surface area contributed by atoms with Gasteiger partial charge in [-0.2, -0.15) is 0 Å². The first-order valence-corrected chi connectivity index (χ1v) is 8.95. The zero-order chi connectivity index (χ0) is 15.9. The third kappa shape index (κ3) is 5.04. The quantitative estimate of drug-likeness (QED) is 0.616. The van der Waals surface area contributed by atoms with Gasteiger partial charge in [-0.3, -0.25) is 0 Å². The molecular formula is C15H25N3O2S.